The van der Waals surface area contributed by atoms with E-state index in [2.05, 4.69) is 9.88 Å². The van der Waals surface area contributed by atoms with Gasteiger partial charge in [0.1, 0.15) is 5.82 Å². The molecule has 16 heavy (non-hydrogen) atoms. The van der Waals surface area contributed by atoms with E-state index in [1.807, 2.05) is 49.1 Å². The first-order valence-corrected chi connectivity index (χ1v) is 5.20. The summed E-state index contributed by atoms with van der Waals surface area (Å²) in [6, 6.07) is 7.84. The molecule has 1 aromatic carbocycles. The average molecular weight is 216 g/mol. The van der Waals surface area contributed by atoms with E-state index in [9.17, 15) is 0 Å². The van der Waals surface area contributed by atoms with Gasteiger partial charge in [-0.1, -0.05) is 12.1 Å². The van der Waals surface area contributed by atoms with Gasteiger partial charge in [0.25, 0.3) is 0 Å². The van der Waals surface area contributed by atoms with Crippen molar-refractivity contribution in [1.29, 1.82) is 0 Å². The number of imidazole rings is 1. The number of nitrogens with zero attached hydrogens (tertiary/aromatic N) is 3. The van der Waals surface area contributed by atoms with E-state index in [1.54, 1.807) is 6.20 Å². The Kier molecular flexibility index (Phi) is 2.81. The van der Waals surface area contributed by atoms with Gasteiger partial charge in [0.05, 0.1) is 17.9 Å². The molecule has 0 spiro atoms. The molecule has 1 heterocycles. The van der Waals surface area contributed by atoms with Crippen molar-refractivity contribution in [3.63, 3.8) is 0 Å². The zero-order valence-electron chi connectivity index (χ0n) is 9.59. The number of benzene rings is 1. The molecule has 0 fully saturated rings. The molecule has 0 aliphatic heterocycles. The van der Waals surface area contributed by atoms with Crippen LogP contribution < -0.4 is 10.6 Å². The Morgan fingerprint density at radius 2 is 2.12 bits per heavy atom. The molecule has 0 saturated carbocycles. The Morgan fingerprint density at radius 1 is 1.38 bits per heavy atom. The molecule has 0 unspecified atom stereocenters. The third-order valence-corrected chi connectivity index (χ3v) is 2.65. The van der Waals surface area contributed by atoms with Crippen molar-refractivity contribution in [2.45, 2.75) is 6.54 Å². The van der Waals surface area contributed by atoms with Crippen LogP contribution in [-0.2, 0) is 13.6 Å². The van der Waals surface area contributed by atoms with Crippen molar-refractivity contribution in [2.24, 2.45) is 7.05 Å². The third kappa shape index (κ3) is 2.00. The quantitative estimate of drug-likeness (QED) is 0.793. The largest absolute Gasteiger partial charge is 0.397 e. The number of hydrogen-bond acceptors (Lipinski definition) is 3. The normalized spacial score (nSPS) is 10.4. The highest BCUT2D eigenvalue weighted by Gasteiger charge is 2.07. The van der Waals surface area contributed by atoms with Crippen LogP contribution in [0.3, 0.4) is 0 Å². The fourth-order valence-electron chi connectivity index (χ4n) is 1.68. The van der Waals surface area contributed by atoms with E-state index >= 15 is 0 Å². The molecule has 0 bridgehead atoms. The highest BCUT2D eigenvalue weighted by atomic mass is 15.2. The lowest BCUT2D eigenvalue weighted by molar-refractivity contribution is 0.762. The number of nitrogen functional groups attached to an aromatic ring is 1. The Bertz CT molecular complexity index is 475. The Morgan fingerprint density at radius 3 is 2.75 bits per heavy atom. The van der Waals surface area contributed by atoms with E-state index < -0.39 is 0 Å². The molecule has 4 heteroatoms. The Balaban J connectivity index is 2.18. The minimum atomic E-state index is 0.748. The predicted molar refractivity (Wildman–Crippen MR) is 66.2 cm³/mol. The van der Waals surface area contributed by atoms with E-state index in [0.29, 0.717) is 0 Å². The van der Waals surface area contributed by atoms with Gasteiger partial charge in [-0.05, 0) is 12.1 Å². The van der Waals surface area contributed by atoms with Crippen LogP contribution in [0.5, 0.6) is 0 Å². The molecule has 0 amide bonds. The molecule has 2 N–H and O–H groups in total. The molecule has 0 radical (unpaired) electrons. The van der Waals surface area contributed by atoms with Crippen LogP contribution in [0, 0.1) is 0 Å². The maximum absolute atomic E-state index is 5.92. The number of anilines is 2. The van der Waals surface area contributed by atoms with Crippen LogP contribution in [0.15, 0.2) is 36.7 Å². The average Bonchev–Trinajstić information content (AvgIpc) is 2.65. The second-order valence-electron chi connectivity index (χ2n) is 3.87. The first kappa shape index (κ1) is 10.5. The van der Waals surface area contributed by atoms with Gasteiger partial charge in [-0.3, -0.25) is 0 Å². The van der Waals surface area contributed by atoms with Crippen LogP contribution in [0.25, 0.3) is 0 Å². The highest BCUT2D eigenvalue weighted by Crippen LogP contribution is 2.22. The maximum atomic E-state index is 5.92. The number of hydrogen-bond donors (Lipinski definition) is 1. The smallest absolute Gasteiger partial charge is 0.127 e. The summed E-state index contributed by atoms with van der Waals surface area (Å²) >= 11 is 0. The van der Waals surface area contributed by atoms with E-state index in [0.717, 1.165) is 23.7 Å². The number of aryl methyl sites for hydroxylation is 1. The second kappa shape index (κ2) is 4.26. The molecule has 84 valence electrons. The van der Waals surface area contributed by atoms with Crippen molar-refractivity contribution < 1.29 is 0 Å². The summed E-state index contributed by atoms with van der Waals surface area (Å²) in [6.45, 7) is 0.748. The van der Waals surface area contributed by atoms with Crippen LogP contribution >= 0.6 is 0 Å². The minimum absolute atomic E-state index is 0.748. The van der Waals surface area contributed by atoms with Gasteiger partial charge in [0, 0.05) is 26.5 Å². The van der Waals surface area contributed by atoms with Crippen LogP contribution in [-0.4, -0.2) is 16.6 Å². The van der Waals surface area contributed by atoms with Gasteiger partial charge in [0.15, 0.2) is 0 Å². The molecule has 4 nitrogen and oxygen atoms in total. The molecule has 0 aliphatic rings. The lowest BCUT2D eigenvalue weighted by atomic mass is 10.2. The fraction of sp³-hybridized carbons (Fsp3) is 0.250. The van der Waals surface area contributed by atoms with Gasteiger partial charge < -0.3 is 15.2 Å². The van der Waals surface area contributed by atoms with Crippen LogP contribution in [0.2, 0.25) is 0 Å². The topological polar surface area (TPSA) is 47.1 Å². The van der Waals surface area contributed by atoms with E-state index in [-0.39, 0.29) is 0 Å². The van der Waals surface area contributed by atoms with E-state index in [1.165, 1.54) is 0 Å². The van der Waals surface area contributed by atoms with Crippen molar-refractivity contribution in [1.82, 2.24) is 9.55 Å². The van der Waals surface area contributed by atoms with Gasteiger partial charge >= 0.3 is 0 Å². The monoisotopic (exact) mass is 216 g/mol. The summed E-state index contributed by atoms with van der Waals surface area (Å²) < 4.78 is 2.01. The van der Waals surface area contributed by atoms with E-state index in [4.69, 9.17) is 5.73 Å². The first-order chi connectivity index (χ1) is 7.68. The number of rotatable bonds is 3. The summed E-state index contributed by atoms with van der Waals surface area (Å²) in [6.07, 6.45) is 3.75. The maximum Gasteiger partial charge on any atom is 0.127 e. The highest BCUT2D eigenvalue weighted by molar-refractivity contribution is 5.66. The van der Waals surface area contributed by atoms with Crippen molar-refractivity contribution in [3.05, 3.63) is 42.5 Å². The zero-order valence-corrected chi connectivity index (χ0v) is 9.59. The fourth-order valence-corrected chi connectivity index (χ4v) is 1.68. The number of nitrogens with two attached hydrogens (primary N) is 1. The molecular weight excluding hydrogens is 200 g/mol. The third-order valence-electron chi connectivity index (χ3n) is 2.65. The van der Waals surface area contributed by atoms with Crippen molar-refractivity contribution >= 4 is 11.4 Å². The number of aromatic nitrogens is 2. The van der Waals surface area contributed by atoms with Gasteiger partial charge in [0.2, 0.25) is 0 Å². The Hall–Kier alpha value is -1.97. The van der Waals surface area contributed by atoms with Gasteiger partial charge in [-0.15, -0.1) is 0 Å². The molecule has 0 atom stereocenters. The predicted octanol–water partition coefficient (Wildman–Crippen LogP) is 1.64. The molecule has 2 rings (SSSR count). The second-order valence-corrected chi connectivity index (χ2v) is 3.87. The standard InChI is InChI=1S/C12H16N4/c1-15-8-7-14-12(15)9-16(2)11-6-4-3-5-10(11)13/h3-8H,9,13H2,1-2H3. The Labute approximate surface area is 95.3 Å². The molecule has 1 aromatic heterocycles. The van der Waals surface area contributed by atoms with Gasteiger partial charge in [-0.25, -0.2) is 4.98 Å². The summed E-state index contributed by atoms with van der Waals surface area (Å²) in [7, 11) is 4.00. The summed E-state index contributed by atoms with van der Waals surface area (Å²) in [5, 5.41) is 0. The first-order valence-electron chi connectivity index (χ1n) is 5.20. The van der Waals surface area contributed by atoms with Crippen molar-refractivity contribution in [3.8, 4) is 0 Å². The lowest BCUT2D eigenvalue weighted by Crippen LogP contribution is -2.20. The molecular formula is C12H16N4. The molecule has 0 aliphatic carbocycles. The summed E-state index contributed by atoms with van der Waals surface area (Å²) in [5.74, 6) is 1.02. The number of para-hydroxylation sites is 2. The summed E-state index contributed by atoms with van der Waals surface area (Å²) in [5.41, 5.74) is 7.74. The van der Waals surface area contributed by atoms with Gasteiger partial charge in [-0.2, -0.15) is 0 Å². The molecule has 2 aromatic rings. The SMILES string of the molecule is CN(Cc1nccn1C)c1ccccc1N. The minimum Gasteiger partial charge on any atom is -0.397 e. The van der Waals surface area contributed by atoms with Crippen molar-refractivity contribution in [2.75, 3.05) is 17.7 Å². The van der Waals surface area contributed by atoms with Crippen LogP contribution in [0.1, 0.15) is 5.82 Å². The zero-order chi connectivity index (χ0) is 11.5. The molecule has 0 saturated heterocycles. The van der Waals surface area contributed by atoms with Crippen LogP contribution in [0.4, 0.5) is 11.4 Å². The summed E-state index contributed by atoms with van der Waals surface area (Å²) in [4.78, 5) is 6.39. The lowest BCUT2D eigenvalue weighted by Gasteiger charge is -2.20.